The number of nitrogens with zero attached hydrogens (tertiary/aromatic N) is 5. The molecule has 0 spiro atoms. The molecule has 2 fully saturated rings. The molecule has 3 N–H and O–H groups in total. The highest BCUT2D eigenvalue weighted by Gasteiger charge is 2.32. The third-order valence-corrected chi connectivity index (χ3v) is 10.8. The van der Waals surface area contributed by atoms with Crippen molar-refractivity contribution in [1.82, 2.24) is 24.6 Å². The molecule has 9 heteroatoms. The van der Waals surface area contributed by atoms with Crippen molar-refractivity contribution in [3.8, 4) is 0 Å². The molecule has 248 valence electrons. The molecule has 0 radical (unpaired) electrons. The Morgan fingerprint density at radius 3 is 2.41 bits per heavy atom. The fraction of sp³-hybridized carbons (Fsp3) is 0.622. The van der Waals surface area contributed by atoms with Gasteiger partial charge in [0.05, 0.1) is 23.9 Å². The van der Waals surface area contributed by atoms with Crippen LogP contribution in [0.1, 0.15) is 112 Å². The number of benzene rings is 1. The van der Waals surface area contributed by atoms with Crippen LogP contribution >= 0.6 is 0 Å². The van der Waals surface area contributed by atoms with Gasteiger partial charge in [-0.1, -0.05) is 50.1 Å². The Hall–Kier alpha value is -3.46. The molecule has 2 aromatic heterocycles. The van der Waals surface area contributed by atoms with Crippen molar-refractivity contribution >= 4 is 17.7 Å². The summed E-state index contributed by atoms with van der Waals surface area (Å²) in [6.45, 7) is 8.38. The first-order valence-electron chi connectivity index (χ1n) is 18.0. The molecule has 46 heavy (non-hydrogen) atoms. The van der Waals surface area contributed by atoms with Crippen molar-refractivity contribution in [2.45, 2.75) is 115 Å². The summed E-state index contributed by atoms with van der Waals surface area (Å²) in [6.07, 6.45) is 16.6. The van der Waals surface area contributed by atoms with E-state index in [9.17, 15) is 9.90 Å². The van der Waals surface area contributed by atoms with Crippen LogP contribution in [-0.2, 0) is 24.2 Å². The molecule has 9 nitrogen and oxygen atoms in total. The van der Waals surface area contributed by atoms with Crippen molar-refractivity contribution in [2.24, 2.45) is 11.8 Å². The normalized spacial score (nSPS) is 23.6. The molecular formula is C37H53N7O2. The number of carboxylic acid groups (broad SMARTS) is 1. The van der Waals surface area contributed by atoms with E-state index in [1.807, 2.05) is 10.9 Å². The maximum atomic E-state index is 11.6. The standard InChI is InChI=1S/C37H53N7O2/c1-3-32(27-14-16-28(17-15-27)36(45)46)40-37-41-33-19-18-29(26-12-8-7-9-13-26)22-31(33)35(42-37)39-34(30-23-38-44(4-2)24-30)25-43-20-10-5-6-11-21-43/h7-9,12-13,23-24,27-29,32,34H,3-6,10-11,14-22,25H2,1-2H3,(H,45,46)(H2,39,40,41,42)/t27?,28?,29-,32-,34+/m1/s1. The van der Waals surface area contributed by atoms with Gasteiger partial charge in [-0.2, -0.15) is 10.1 Å². The van der Waals surface area contributed by atoms with Crippen LogP contribution in [0.5, 0.6) is 0 Å². The Morgan fingerprint density at radius 2 is 1.74 bits per heavy atom. The zero-order valence-electron chi connectivity index (χ0n) is 27.8. The third kappa shape index (κ3) is 7.91. The van der Waals surface area contributed by atoms with Gasteiger partial charge in [0.15, 0.2) is 0 Å². The van der Waals surface area contributed by atoms with Gasteiger partial charge < -0.3 is 20.6 Å². The summed E-state index contributed by atoms with van der Waals surface area (Å²) in [7, 11) is 0. The topological polar surface area (TPSA) is 108 Å². The van der Waals surface area contributed by atoms with Crippen molar-refractivity contribution in [2.75, 3.05) is 30.3 Å². The lowest BCUT2D eigenvalue weighted by molar-refractivity contribution is -0.143. The summed E-state index contributed by atoms with van der Waals surface area (Å²) in [6, 6.07) is 11.2. The first-order chi connectivity index (χ1) is 22.5. The minimum atomic E-state index is -0.652. The average molecular weight is 628 g/mol. The molecule has 0 unspecified atom stereocenters. The van der Waals surface area contributed by atoms with Gasteiger partial charge in [-0.15, -0.1) is 0 Å². The van der Waals surface area contributed by atoms with Gasteiger partial charge in [0.1, 0.15) is 5.82 Å². The molecule has 0 amide bonds. The van der Waals surface area contributed by atoms with Crippen LogP contribution in [0.15, 0.2) is 42.7 Å². The molecule has 0 bridgehead atoms. The predicted molar refractivity (Wildman–Crippen MR) is 183 cm³/mol. The van der Waals surface area contributed by atoms with Gasteiger partial charge in [-0.25, -0.2) is 4.98 Å². The van der Waals surface area contributed by atoms with Crippen LogP contribution in [0.4, 0.5) is 11.8 Å². The molecular weight excluding hydrogens is 574 g/mol. The summed E-state index contributed by atoms with van der Waals surface area (Å²) in [4.78, 5) is 24.6. The van der Waals surface area contributed by atoms with E-state index in [4.69, 9.17) is 9.97 Å². The highest BCUT2D eigenvalue weighted by molar-refractivity contribution is 5.70. The molecule has 1 saturated carbocycles. The highest BCUT2D eigenvalue weighted by atomic mass is 16.4. The number of aliphatic carboxylic acids is 1. The van der Waals surface area contributed by atoms with Crippen LogP contribution in [0.3, 0.4) is 0 Å². The van der Waals surface area contributed by atoms with Crippen LogP contribution in [0.2, 0.25) is 0 Å². The van der Waals surface area contributed by atoms with Crippen molar-refractivity contribution < 1.29 is 9.90 Å². The Labute approximate surface area is 274 Å². The lowest BCUT2D eigenvalue weighted by Gasteiger charge is -2.33. The first kappa shape index (κ1) is 32.5. The van der Waals surface area contributed by atoms with Crippen LogP contribution in [0, 0.1) is 11.8 Å². The van der Waals surface area contributed by atoms with E-state index in [0.717, 1.165) is 89.1 Å². The van der Waals surface area contributed by atoms with Gasteiger partial charge in [0.2, 0.25) is 5.95 Å². The fourth-order valence-corrected chi connectivity index (χ4v) is 8.00. The quantitative estimate of drug-likeness (QED) is 0.196. The van der Waals surface area contributed by atoms with E-state index in [2.05, 4.69) is 71.0 Å². The number of fused-ring (bicyclic) bond motifs is 1. The highest BCUT2D eigenvalue weighted by Crippen LogP contribution is 2.38. The molecule has 2 aliphatic carbocycles. The SMILES string of the molecule is CC[C@@H](Nc1nc2c(c(N[C@@H](CN3CCCCCC3)c3cnn(CC)c3)n1)C[C@H](c1ccccc1)CC2)C1CCC(C(=O)O)CC1. The fourth-order valence-electron chi connectivity index (χ4n) is 8.00. The molecule has 6 rings (SSSR count). The van der Waals surface area contributed by atoms with E-state index in [1.165, 1.54) is 42.4 Å². The zero-order valence-corrected chi connectivity index (χ0v) is 27.8. The first-order valence-corrected chi connectivity index (χ1v) is 18.0. The van der Waals surface area contributed by atoms with E-state index in [0.29, 0.717) is 17.8 Å². The second kappa shape index (κ2) is 15.4. The molecule has 1 aromatic carbocycles. The number of carboxylic acids is 1. The van der Waals surface area contributed by atoms with Gasteiger partial charge >= 0.3 is 5.97 Å². The van der Waals surface area contributed by atoms with Gasteiger partial charge in [-0.3, -0.25) is 9.48 Å². The largest absolute Gasteiger partial charge is 0.481 e. The van der Waals surface area contributed by atoms with E-state index >= 15 is 0 Å². The second-order valence-corrected chi connectivity index (χ2v) is 13.8. The van der Waals surface area contributed by atoms with Crippen LogP contribution < -0.4 is 10.6 Å². The Morgan fingerprint density at radius 1 is 0.978 bits per heavy atom. The molecule has 1 saturated heterocycles. The van der Waals surface area contributed by atoms with E-state index in [-0.39, 0.29) is 18.0 Å². The van der Waals surface area contributed by atoms with E-state index < -0.39 is 5.97 Å². The molecule has 3 atom stereocenters. The maximum Gasteiger partial charge on any atom is 0.306 e. The Balaban J connectivity index is 1.30. The number of carbonyl (C=O) groups is 1. The zero-order chi connectivity index (χ0) is 31.9. The smallest absolute Gasteiger partial charge is 0.306 e. The summed E-state index contributed by atoms with van der Waals surface area (Å²) in [5.74, 6) is 1.65. The lowest BCUT2D eigenvalue weighted by Crippen LogP contribution is -2.35. The number of hydrogen-bond acceptors (Lipinski definition) is 7. The van der Waals surface area contributed by atoms with Gasteiger partial charge in [0, 0.05) is 36.5 Å². The van der Waals surface area contributed by atoms with Crippen molar-refractivity contribution in [3.05, 3.63) is 65.1 Å². The molecule has 1 aliphatic heterocycles. The van der Waals surface area contributed by atoms with Crippen molar-refractivity contribution in [1.29, 1.82) is 0 Å². The number of hydrogen-bond donors (Lipinski definition) is 3. The van der Waals surface area contributed by atoms with E-state index in [1.54, 1.807) is 0 Å². The average Bonchev–Trinajstić information content (AvgIpc) is 3.43. The lowest BCUT2D eigenvalue weighted by atomic mass is 9.78. The summed E-state index contributed by atoms with van der Waals surface area (Å²) < 4.78 is 2.02. The Bertz CT molecular complexity index is 1410. The number of likely N-dealkylation sites (tertiary alicyclic amines) is 1. The monoisotopic (exact) mass is 627 g/mol. The molecule has 3 aliphatic rings. The number of aryl methyl sites for hydroxylation is 2. The van der Waals surface area contributed by atoms with Crippen molar-refractivity contribution in [3.63, 3.8) is 0 Å². The summed E-state index contributed by atoms with van der Waals surface area (Å²) >= 11 is 0. The Kier molecular flexibility index (Phi) is 10.9. The molecule has 3 heterocycles. The predicted octanol–water partition coefficient (Wildman–Crippen LogP) is 7.08. The van der Waals surface area contributed by atoms with Crippen LogP contribution in [-0.4, -0.2) is 61.4 Å². The minimum absolute atomic E-state index is 0.0654. The second-order valence-electron chi connectivity index (χ2n) is 13.8. The number of nitrogens with one attached hydrogen (secondary N) is 2. The third-order valence-electron chi connectivity index (χ3n) is 10.8. The summed E-state index contributed by atoms with van der Waals surface area (Å²) in [5.41, 5.74) is 4.97. The van der Waals surface area contributed by atoms with Gasteiger partial charge in [0.25, 0.3) is 0 Å². The number of rotatable bonds is 12. The number of anilines is 2. The van der Waals surface area contributed by atoms with Crippen LogP contribution in [0.25, 0.3) is 0 Å². The van der Waals surface area contributed by atoms with Gasteiger partial charge in [-0.05, 0) is 102 Å². The number of aromatic nitrogens is 4. The molecule has 3 aromatic rings. The summed E-state index contributed by atoms with van der Waals surface area (Å²) in [5, 5.41) is 21.9. The minimum Gasteiger partial charge on any atom is -0.481 e. The maximum absolute atomic E-state index is 11.6.